The highest BCUT2D eigenvalue weighted by Gasteiger charge is 2.73. The summed E-state index contributed by atoms with van der Waals surface area (Å²) in [6.07, 6.45) is -11.1. The topological polar surface area (TPSA) is 89.3 Å². The zero-order valence-electron chi connectivity index (χ0n) is 19.5. The minimum atomic E-state index is -6.28. The molecule has 0 aliphatic heterocycles. The second-order valence-corrected chi connectivity index (χ2v) is 10.3. The van der Waals surface area contributed by atoms with Crippen molar-refractivity contribution >= 4 is 28.3 Å². The Balaban J connectivity index is 2.53. The van der Waals surface area contributed by atoms with Crippen LogP contribution in [0, 0.1) is 6.92 Å². The lowest BCUT2D eigenvalue weighted by Gasteiger charge is -2.30. The lowest BCUT2D eigenvalue weighted by Crippen LogP contribution is -2.50. The summed E-state index contributed by atoms with van der Waals surface area (Å²) in [5.74, 6) is -1.79. The SMILES string of the molecule is Cc1cc(C(F)(C(F)(F)F)C(F)(F)F)ccc1NC(=O)c1cccc(C(C)(C)CS(C)=O)c1C(N)=O. The molecule has 1 unspecified atom stereocenters. The molecule has 0 saturated heterocycles. The van der Waals surface area contributed by atoms with Gasteiger partial charge in [0.2, 0.25) is 5.91 Å². The van der Waals surface area contributed by atoms with E-state index in [1.54, 1.807) is 13.8 Å². The van der Waals surface area contributed by atoms with Gasteiger partial charge in [-0.2, -0.15) is 26.3 Å². The van der Waals surface area contributed by atoms with E-state index in [1.165, 1.54) is 24.5 Å². The van der Waals surface area contributed by atoms with E-state index in [0.717, 1.165) is 6.92 Å². The van der Waals surface area contributed by atoms with Crippen molar-refractivity contribution in [2.24, 2.45) is 5.73 Å². The largest absolute Gasteiger partial charge is 0.435 e. The van der Waals surface area contributed by atoms with Crippen molar-refractivity contribution in [3.05, 3.63) is 64.2 Å². The number of hydrogen-bond acceptors (Lipinski definition) is 3. The van der Waals surface area contributed by atoms with Crippen molar-refractivity contribution in [1.82, 2.24) is 0 Å². The number of hydrogen-bond donors (Lipinski definition) is 2. The number of carbonyl (C=O) groups is 2. The highest BCUT2D eigenvalue weighted by atomic mass is 32.2. The molecule has 0 radical (unpaired) electrons. The Bertz CT molecular complexity index is 1190. The second kappa shape index (κ2) is 9.83. The zero-order valence-corrected chi connectivity index (χ0v) is 20.3. The molecule has 3 N–H and O–H groups in total. The van der Waals surface area contributed by atoms with Crippen molar-refractivity contribution in [2.75, 3.05) is 17.3 Å². The first kappa shape index (κ1) is 29.3. The Morgan fingerprint density at radius 1 is 0.972 bits per heavy atom. The average Bonchev–Trinajstić information content (AvgIpc) is 2.71. The van der Waals surface area contributed by atoms with E-state index >= 15 is 0 Å². The van der Waals surface area contributed by atoms with Gasteiger partial charge in [-0.25, -0.2) is 4.39 Å². The van der Waals surface area contributed by atoms with Crippen molar-refractivity contribution in [3.8, 4) is 0 Å². The monoisotopic (exact) mass is 540 g/mol. The van der Waals surface area contributed by atoms with E-state index in [4.69, 9.17) is 5.73 Å². The van der Waals surface area contributed by atoms with Gasteiger partial charge in [0.15, 0.2) is 0 Å². The third-order valence-electron chi connectivity index (χ3n) is 5.50. The van der Waals surface area contributed by atoms with Gasteiger partial charge in [-0.05, 0) is 30.2 Å². The Kier molecular flexibility index (Phi) is 7.99. The van der Waals surface area contributed by atoms with Gasteiger partial charge < -0.3 is 11.1 Å². The Hall–Kier alpha value is -2.96. The van der Waals surface area contributed by atoms with Crippen LogP contribution in [0.5, 0.6) is 0 Å². The van der Waals surface area contributed by atoms with Crippen molar-refractivity contribution in [2.45, 2.75) is 44.2 Å². The maximum Gasteiger partial charge on any atom is 0.435 e. The molecule has 5 nitrogen and oxygen atoms in total. The van der Waals surface area contributed by atoms with E-state index in [0.29, 0.717) is 17.7 Å². The third-order valence-corrected chi connectivity index (χ3v) is 6.63. The smallest absolute Gasteiger partial charge is 0.366 e. The number of aryl methyl sites for hydroxylation is 1. The fourth-order valence-electron chi connectivity index (χ4n) is 3.85. The fourth-order valence-corrected chi connectivity index (χ4v) is 5.02. The highest BCUT2D eigenvalue weighted by Crippen LogP contribution is 2.53. The first-order chi connectivity index (χ1) is 16.2. The molecule has 2 rings (SSSR count). The van der Waals surface area contributed by atoms with Crippen LogP contribution in [0.1, 0.15) is 51.3 Å². The number of benzene rings is 2. The lowest BCUT2D eigenvalue weighted by molar-refractivity contribution is -0.348. The van der Waals surface area contributed by atoms with Crippen molar-refractivity contribution in [1.29, 1.82) is 0 Å². The Morgan fingerprint density at radius 3 is 1.97 bits per heavy atom. The number of alkyl halides is 7. The average molecular weight is 541 g/mol. The van der Waals surface area contributed by atoms with Crippen LogP contribution in [0.4, 0.5) is 36.4 Å². The summed E-state index contributed by atoms with van der Waals surface area (Å²) in [6.45, 7) is 4.45. The predicted molar refractivity (Wildman–Crippen MR) is 121 cm³/mol. The van der Waals surface area contributed by atoms with Gasteiger partial charge in [0, 0.05) is 39.5 Å². The summed E-state index contributed by atoms with van der Waals surface area (Å²) in [6, 6.07) is 5.53. The van der Waals surface area contributed by atoms with Gasteiger partial charge in [-0.1, -0.05) is 38.1 Å². The van der Waals surface area contributed by atoms with Crippen LogP contribution in [-0.4, -0.2) is 40.4 Å². The third kappa shape index (κ3) is 5.55. The summed E-state index contributed by atoms with van der Waals surface area (Å²) in [7, 11) is -1.28. The Labute approximate surface area is 204 Å². The minimum Gasteiger partial charge on any atom is -0.366 e. The lowest BCUT2D eigenvalue weighted by atomic mass is 9.81. The molecule has 13 heteroatoms. The molecule has 2 amide bonds. The molecule has 2 aromatic carbocycles. The number of amides is 2. The van der Waals surface area contributed by atoms with Gasteiger partial charge in [0.1, 0.15) is 0 Å². The molecule has 2 aromatic rings. The highest BCUT2D eigenvalue weighted by molar-refractivity contribution is 7.84. The molecular formula is C23H23F7N2O3S. The summed E-state index contributed by atoms with van der Waals surface area (Å²) >= 11 is 0. The molecule has 0 fully saturated rings. The van der Waals surface area contributed by atoms with Gasteiger partial charge in [0.05, 0.1) is 11.1 Å². The summed E-state index contributed by atoms with van der Waals surface area (Å²) in [4.78, 5) is 25.2. The zero-order chi connectivity index (χ0) is 27.9. The van der Waals surface area contributed by atoms with Crippen LogP contribution in [0.25, 0.3) is 0 Å². The number of anilines is 1. The van der Waals surface area contributed by atoms with Gasteiger partial charge in [-0.3, -0.25) is 13.8 Å². The van der Waals surface area contributed by atoms with Crippen molar-refractivity contribution < 1.29 is 44.5 Å². The number of halogens is 7. The first-order valence-corrected chi connectivity index (χ1v) is 11.9. The molecular weight excluding hydrogens is 517 g/mol. The van der Waals surface area contributed by atoms with Crippen LogP contribution in [0.15, 0.2) is 36.4 Å². The molecule has 1 atom stereocenters. The van der Waals surface area contributed by atoms with E-state index in [-0.39, 0.29) is 34.2 Å². The molecule has 0 aromatic heterocycles. The van der Waals surface area contributed by atoms with Crippen LogP contribution >= 0.6 is 0 Å². The summed E-state index contributed by atoms with van der Waals surface area (Å²) in [5, 5.41) is 2.31. The molecule has 0 spiro atoms. The predicted octanol–water partition coefficient (Wildman–Crippen LogP) is 5.29. The van der Waals surface area contributed by atoms with Gasteiger partial charge in [0.25, 0.3) is 5.91 Å². The molecule has 0 saturated carbocycles. The first-order valence-electron chi connectivity index (χ1n) is 10.2. The van der Waals surface area contributed by atoms with E-state index in [9.17, 15) is 44.5 Å². The second-order valence-electron chi connectivity index (χ2n) is 8.83. The van der Waals surface area contributed by atoms with Crippen LogP contribution in [0.2, 0.25) is 0 Å². The van der Waals surface area contributed by atoms with Crippen LogP contribution < -0.4 is 11.1 Å². The summed E-state index contributed by atoms with van der Waals surface area (Å²) < 4.78 is 104. The normalized spacial score (nSPS) is 13.9. The van der Waals surface area contributed by atoms with Crippen LogP contribution in [-0.2, 0) is 21.9 Å². The molecule has 0 bridgehead atoms. The number of nitrogens with two attached hydrogens (primary N) is 1. The standard InChI is InChI=1S/C23H23F7N2O3S/c1-12-10-13(21(24,22(25,26)27)23(28,29)30)8-9-16(12)32-19(34)14-6-5-7-15(17(14)18(31)33)20(2,3)11-36(4)35/h5-10H,11H2,1-4H3,(H2,31,33)(H,32,34). The molecule has 0 heterocycles. The van der Waals surface area contributed by atoms with E-state index in [1.807, 2.05) is 0 Å². The van der Waals surface area contributed by atoms with Gasteiger partial charge >= 0.3 is 18.0 Å². The molecule has 36 heavy (non-hydrogen) atoms. The fraction of sp³-hybridized carbons (Fsp3) is 0.391. The Morgan fingerprint density at radius 2 is 1.53 bits per heavy atom. The van der Waals surface area contributed by atoms with Crippen LogP contribution in [0.3, 0.4) is 0 Å². The maximum atomic E-state index is 14.4. The van der Waals surface area contributed by atoms with Gasteiger partial charge in [-0.15, -0.1) is 0 Å². The quantitative estimate of drug-likeness (QED) is 0.468. The maximum absolute atomic E-state index is 14.4. The number of primary amides is 1. The number of rotatable bonds is 7. The number of nitrogens with one attached hydrogen (secondary N) is 1. The summed E-state index contributed by atoms with van der Waals surface area (Å²) in [5.41, 5.74) is -3.26. The minimum absolute atomic E-state index is 0.127. The van der Waals surface area contributed by atoms with E-state index < -0.39 is 51.6 Å². The molecule has 198 valence electrons. The molecule has 0 aliphatic carbocycles. The van der Waals surface area contributed by atoms with Crippen molar-refractivity contribution in [3.63, 3.8) is 0 Å². The van der Waals surface area contributed by atoms with E-state index in [2.05, 4.69) is 5.32 Å². The number of carbonyl (C=O) groups excluding carboxylic acids is 2. The molecule has 0 aliphatic rings.